The molecular weight excluding hydrogens is 490 g/mol. The molecule has 3 rings (SSSR count). The van der Waals surface area contributed by atoms with Gasteiger partial charge in [-0.25, -0.2) is 4.79 Å². The number of hydrogen-bond donors (Lipinski definition) is 7. The maximum absolute atomic E-state index is 12.9. The standard InChI is InChI=1S/C23H29N5O7S/c24-14(8-12-10-25-15-5-2-1-4-13(12)15)20(31)27-17(11-36)21(32)26-16(9-19(29)30)22(33)28-7-3-6-18(28)23(34)35/h1-2,4-5,10,14,16-18,25,36H,3,6-9,11,24H2,(H,26,32)(H,27,31)(H,29,30)(H,34,35). The molecule has 0 saturated carbocycles. The van der Waals surface area contributed by atoms with E-state index in [1.165, 1.54) is 0 Å². The van der Waals surface area contributed by atoms with Crippen molar-refractivity contribution in [1.29, 1.82) is 0 Å². The fourth-order valence-electron chi connectivity index (χ4n) is 4.24. The van der Waals surface area contributed by atoms with Gasteiger partial charge in [0.15, 0.2) is 0 Å². The zero-order chi connectivity index (χ0) is 26.4. The van der Waals surface area contributed by atoms with Crippen LogP contribution in [-0.2, 0) is 30.4 Å². The van der Waals surface area contributed by atoms with Crippen molar-refractivity contribution in [3.05, 3.63) is 36.0 Å². The molecule has 13 heteroatoms. The van der Waals surface area contributed by atoms with Crippen LogP contribution in [0.3, 0.4) is 0 Å². The van der Waals surface area contributed by atoms with Crippen LogP contribution in [0.1, 0.15) is 24.8 Å². The third kappa shape index (κ3) is 6.34. The number of aromatic nitrogens is 1. The number of hydrogen-bond acceptors (Lipinski definition) is 7. The van der Waals surface area contributed by atoms with Crippen molar-refractivity contribution in [2.24, 2.45) is 5.73 Å². The summed E-state index contributed by atoms with van der Waals surface area (Å²) in [5.74, 6) is -4.97. The van der Waals surface area contributed by atoms with Gasteiger partial charge in [-0.3, -0.25) is 19.2 Å². The second-order valence-electron chi connectivity index (χ2n) is 8.60. The zero-order valence-corrected chi connectivity index (χ0v) is 20.2. The maximum atomic E-state index is 12.9. The van der Waals surface area contributed by atoms with E-state index in [-0.39, 0.29) is 25.1 Å². The Kier molecular flexibility index (Phi) is 8.93. The van der Waals surface area contributed by atoms with Crippen LogP contribution in [0, 0.1) is 0 Å². The van der Waals surface area contributed by atoms with E-state index in [1.807, 2.05) is 24.3 Å². The van der Waals surface area contributed by atoms with E-state index >= 15 is 0 Å². The fraction of sp³-hybridized carbons (Fsp3) is 0.435. The SMILES string of the molecule is NC(Cc1c[nH]c2ccccc12)C(=O)NC(CS)C(=O)NC(CC(=O)O)C(=O)N1CCCC1C(=O)O. The molecule has 0 spiro atoms. The fourth-order valence-corrected chi connectivity index (χ4v) is 4.49. The highest BCUT2D eigenvalue weighted by Crippen LogP contribution is 2.20. The van der Waals surface area contributed by atoms with Crippen molar-refractivity contribution in [3.8, 4) is 0 Å². The van der Waals surface area contributed by atoms with Gasteiger partial charge in [0.2, 0.25) is 17.7 Å². The first-order valence-corrected chi connectivity index (χ1v) is 12.0. The molecular formula is C23H29N5O7S. The first-order valence-electron chi connectivity index (χ1n) is 11.4. The number of amides is 3. The molecule has 194 valence electrons. The number of nitrogens with one attached hydrogen (secondary N) is 3. The maximum Gasteiger partial charge on any atom is 0.326 e. The smallest absolute Gasteiger partial charge is 0.326 e. The van der Waals surface area contributed by atoms with Gasteiger partial charge in [-0.15, -0.1) is 0 Å². The summed E-state index contributed by atoms with van der Waals surface area (Å²) in [6.07, 6.45) is 1.88. The van der Waals surface area contributed by atoms with E-state index in [4.69, 9.17) is 5.73 Å². The quantitative estimate of drug-likeness (QED) is 0.193. The normalized spacial score (nSPS) is 17.8. The van der Waals surface area contributed by atoms with Gasteiger partial charge in [0.1, 0.15) is 18.1 Å². The van der Waals surface area contributed by atoms with Crippen molar-refractivity contribution in [3.63, 3.8) is 0 Å². The van der Waals surface area contributed by atoms with Crippen LogP contribution in [0.2, 0.25) is 0 Å². The molecule has 2 heterocycles. The summed E-state index contributed by atoms with van der Waals surface area (Å²) >= 11 is 4.10. The van der Waals surface area contributed by atoms with Crippen LogP contribution in [0.25, 0.3) is 10.9 Å². The number of carbonyl (C=O) groups is 5. The van der Waals surface area contributed by atoms with Crippen molar-refractivity contribution >= 4 is 53.2 Å². The van der Waals surface area contributed by atoms with Gasteiger partial charge >= 0.3 is 11.9 Å². The summed E-state index contributed by atoms with van der Waals surface area (Å²) < 4.78 is 0. The Labute approximate surface area is 212 Å². The lowest BCUT2D eigenvalue weighted by Crippen LogP contribution is -2.58. The number of benzene rings is 1. The predicted octanol–water partition coefficient (Wildman–Crippen LogP) is -0.513. The Morgan fingerprint density at radius 2 is 1.81 bits per heavy atom. The van der Waals surface area contributed by atoms with E-state index in [0.717, 1.165) is 21.4 Å². The Balaban J connectivity index is 1.65. The van der Waals surface area contributed by atoms with Gasteiger partial charge < -0.3 is 36.5 Å². The molecule has 0 bridgehead atoms. The molecule has 36 heavy (non-hydrogen) atoms. The molecule has 3 amide bonds. The molecule has 0 aliphatic carbocycles. The number of likely N-dealkylation sites (tertiary alicyclic amines) is 1. The summed E-state index contributed by atoms with van der Waals surface area (Å²) in [7, 11) is 0. The van der Waals surface area contributed by atoms with Crippen LogP contribution < -0.4 is 16.4 Å². The zero-order valence-electron chi connectivity index (χ0n) is 19.3. The van der Waals surface area contributed by atoms with Crippen molar-refractivity contribution < 1.29 is 34.2 Å². The van der Waals surface area contributed by atoms with Gasteiger partial charge in [0.05, 0.1) is 12.5 Å². The largest absolute Gasteiger partial charge is 0.481 e. The Bertz CT molecular complexity index is 1150. The highest BCUT2D eigenvalue weighted by Gasteiger charge is 2.39. The summed E-state index contributed by atoms with van der Waals surface area (Å²) in [5.41, 5.74) is 7.79. The van der Waals surface area contributed by atoms with Crippen molar-refractivity contribution in [1.82, 2.24) is 20.5 Å². The molecule has 7 N–H and O–H groups in total. The minimum atomic E-state index is -1.51. The average Bonchev–Trinajstić information content (AvgIpc) is 3.49. The molecule has 1 aliphatic heterocycles. The summed E-state index contributed by atoms with van der Waals surface area (Å²) in [4.78, 5) is 65.4. The van der Waals surface area contributed by atoms with Gasteiger partial charge in [-0.1, -0.05) is 18.2 Å². The lowest BCUT2D eigenvalue weighted by Gasteiger charge is -2.28. The monoisotopic (exact) mass is 519 g/mol. The number of nitrogens with two attached hydrogens (primary N) is 1. The highest BCUT2D eigenvalue weighted by atomic mass is 32.1. The minimum Gasteiger partial charge on any atom is -0.481 e. The molecule has 1 fully saturated rings. The number of para-hydroxylation sites is 1. The average molecular weight is 520 g/mol. The highest BCUT2D eigenvalue weighted by molar-refractivity contribution is 7.80. The first-order chi connectivity index (χ1) is 17.1. The Hall–Kier alpha value is -3.58. The van der Waals surface area contributed by atoms with Crippen LogP contribution in [0.4, 0.5) is 0 Å². The van der Waals surface area contributed by atoms with Crippen LogP contribution in [0.15, 0.2) is 30.5 Å². The van der Waals surface area contributed by atoms with Crippen LogP contribution in [-0.4, -0.2) is 86.2 Å². The number of carbonyl (C=O) groups excluding carboxylic acids is 3. The van der Waals surface area contributed by atoms with Crippen molar-refractivity contribution in [2.45, 2.75) is 49.9 Å². The minimum absolute atomic E-state index is 0.136. The van der Waals surface area contributed by atoms with E-state index in [0.29, 0.717) is 6.42 Å². The molecule has 2 aromatic rings. The predicted molar refractivity (Wildman–Crippen MR) is 132 cm³/mol. The van der Waals surface area contributed by atoms with Gasteiger partial charge in [-0.05, 0) is 30.9 Å². The summed E-state index contributed by atoms with van der Waals surface area (Å²) in [6, 6.07) is 2.74. The molecule has 1 aromatic carbocycles. The number of aromatic amines is 1. The number of fused-ring (bicyclic) bond motifs is 1. The van der Waals surface area contributed by atoms with Crippen molar-refractivity contribution in [2.75, 3.05) is 12.3 Å². The third-order valence-corrected chi connectivity index (χ3v) is 6.45. The van der Waals surface area contributed by atoms with Gasteiger partial charge in [0.25, 0.3) is 0 Å². The lowest BCUT2D eigenvalue weighted by molar-refractivity contribution is -0.150. The number of nitrogens with zero attached hydrogens (tertiary/aromatic N) is 1. The third-order valence-electron chi connectivity index (χ3n) is 6.08. The summed E-state index contributed by atoms with van der Waals surface area (Å²) in [5, 5.41) is 24.3. The number of aliphatic carboxylic acids is 2. The molecule has 4 unspecified atom stereocenters. The Morgan fingerprint density at radius 1 is 1.11 bits per heavy atom. The van der Waals surface area contributed by atoms with E-state index in [9.17, 15) is 34.2 Å². The van der Waals surface area contributed by atoms with E-state index in [2.05, 4.69) is 28.2 Å². The lowest BCUT2D eigenvalue weighted by atomic mass is 10.0. The molecule has 1 aliphatic rings. The first kappa shape index (κ1) is 27.0. The second kappa shape index (κ2) is 11.9. The number of thiol groups is 1. The topological polar surface area (TPSA) is 195 Å². The van der Waals surface area contributed by atoms with E-state index < -0.39 is 60.2 Å². The second-order valence-corrected chi connectivity index (χ2v) is 8.97. The number of carboxylic acids is 2. The number of rotatable bonds is 11. The molecule has 1 saturated heterocycles. The number of carboxylic acid groups (broad SMARTS) is 2. The molecule has 1 aromatic heterocycles. The Morgan fingerprint density at radius 3 is 2.47 bits per heavy atom. The number of H-pyrrole nitrogens is 1. The molecule has 0 radical (unpaired) electrons. The molecule has 12 nitrogen and oxygen atoms in total. The van der Waals surface area contributed by atoms with Gasteiger partial charge in [-0.2, -0.15) is 12.6 Å². The van der Waals surface area contributed by atoms with Crippen LogP contribution >= 0.6 is 12.6 Å². The van der Waals surface area contributed by atoms with Gasteiger partial charge in [0, 0.05) is 29.4 Å². The van der Waals surface area contributed by atoms with E-state index in [1.54, 1.807) is 6.20 Å². The molecule has 4 atom stereocenters. The van der Waals surface area contributed by atoms with Crippen LogP contribution in [0.5, 0.6) is 0 Å². The summed E-state index contributed by atoms with van der Waals surface area (Å²) in [6.45, 7) is 0.136.